The molecule has 0 bridgehead atoms. The van der Waals surface area contributed by atoms with Gasteiger partial charge in [-0.25, -0.2) is 4.98 Å². The molecular formula is C14H17N3O2S2. The van der Waals surface area contributed by atoms with Gasteiger partial charge < -0.3 is 4.57 Å². The Kier molecular flexibility index (Phi) is 4.25. The molecule has 5 nitrogen and oxygen atoms in total. The lowest BCUT2D eigenvalue weighted by Gasteiger charge is -2.16. The van der Waals surface area contributed by atoms with Gasteiger partial charge in [-0.1, -0.05) is 38.2 Å². The van der Waals surface area contributed by atoms with Crippen molar-refractivity contribution in [3.05, 3.63) is 33.3 Å². The third kappa shape index (κ3) is 3.03. The number of hydrogen-bond donors (Lipinski definition) is 0. The summed E-state index contributed by atoms with van der Waals surface area (Å²) in [5.41, 5.74) is -0.165. The summed E-state index contributed by atoms with van der Waals surface area (Å²) < 4.78 is 4.17. The molecule has 21 heavy (non-hydrogen) atoms. The minimum atomic E-state index is -0.490. The van der Waals surface area contributed by atoms with E-state index in [1.807, 2.05) is 20.8 Å². The van der Waals surface area contributed by atoms with E-state index in [-0.39, 0.29) is 17.9 Å². The van der Waals surface area contributed by atoms with E-state index in [1.54, 1.807) is 10.6 Å². The molecule has 0 aromatic carbocycles. The van der Waals surface area contributed by atoms with Crippen LogP contribution in [0.2, 0.25) is 0 Å². The fourth-order valence-electron chi connectivity index (χ4n) is 1.77. The molecule has 0 N–H and O–H groups in total. The van der Waals surface area contributed by atoms with Gasteiger partial charge in [0, 0.05) is 12.0 Å². The molecule has 0 saturated carbocycles. The van der Waals surface area contributed by atoms with Crippen molar-refractivity contribution in [3.63, 3.8) is 0 Å². The fourth-order valence-corrected chi connectivity index (χ4v) is 3.08. The zero-order valence-electron chi connectivity index (χ0n) is 12.3. The van der Waals surface area contributed by atoms with Gasteiger partial charge in [0.05, 0.1) is 6.54 Å². The van der Waals surface area contributed by atoms with Crippen molar-refractivity contribution in [1.29, 1.82) is 0 Å². The Balaban J connectivity index is 2.53. The van der Waals surface area contributed by atoms with Gasteiger partial charge in [-0.2, -0.15) is 0 Å². The summed E-state index contributed by atoms with van der Waals surface area (Å²) in [4.78, 5) is 28.8. The smallest absolute Gasteiger partial charge is 0.273 e. The third-order valence-corrected chi connectivity index (χ3v) is 4.53. The minimum Gasteiger partial charge on any atom is -0.304 e. The highest BCUT2D eigenvalue weighted by Gasteiger charge is 2.22. The highest BCUT2D eigenvalue weighted by Crippen LogP contribution is 2.19. The predicted molar refractivity (Wildman–Crippen MR) is 87.4 cm³/mol. The lowest BCUT2D eigenvalue weighted by Crippen LogP contribution is -2.30. The highest BCUT2D eigenvalue weighted by molar-refractivity contribution is 7.73. The molecule has 0 spiro atoms. The summed E-state index contributed by atoms with van der Waals surface area (Å²) in [5.74, 6) is -0.0140. The number of nitrogens with zero attached hydrogens (tertiary/aromatic N) is 3. The van der Waals surface area contributed by atoms with E-state index >= 15 is 0 Å². The number of allylic oxidation sites excluding steroid dienone is 1. The van der Waals surface area contributed by atoms with Gasteiger partial charge in [0.2, 0.25) is 0 Å². The molecule has 0 amide bonds. The second-order valence-electron chi connectivity index (χ2n) is 5.77. The van der Waals surface area contributed by atoms with Gasteiger partial charge in [0.25, 0.3) is 5.56 Å². The molecule has 7 heteroatoms. The minimum absolute atomic E-state index is 0.0140. The molecule has 0 atom stereocenters. The molecule has 2 aromatic heterocycles. The van der Waals surface area contributed by atoms with Crippen molar-refractivity contribution in [1.82, 2.24) is 14.1 Å². The van der Waals surface area contributed by atoms with Crippen LogP contribution in [-0.4, -0.2) is 19.9 Å². The molecule has 2 heterocycles. The van der Waals surface area contributed by atoms with Crippen LogP contribution in [0.1, 0.15) is 20.8 Å². The van der Waals surface area contributed by atoms with Crippen LogP contribution in [0.15, 0.2) is 23.8 Å². The van der Waals surface area contributed by atoms with Crippen molar-refractivity contribution >= 4 is 39.7 Å². The molecule has 112 valence electrons. The maximum atomic E-state index is 12.5. The van der Waals surface area contributed by atoms with Crippen LogP contribution in [0, 0.1) is 9.37 Å². The standard InChI is InChI=1S/C14H17N3O2S2/c1-5-6-17-11-10(21-13(17)20)12(19)16(8-15-11)7-9(18)14(2,3)4/h5,8H,1,6-7H2,2-4H3. The number of carbonyl (C=O) groups excluding carboxylic acids is 1. The number of ketones is 1. The van der Waals surface area contributed by atoms with E-state index in [0.29, 0.717) is 20.8 Å². The summed E-state index contributed by atoms with van der Waals surface area (Å²) in [6.45, 7) is 9.70. The van der Waals surface area contributed by atoms with Gasteiger partial charge in [0.1, 0.15) is 11.0 Å². The maximum Gasteiger partial charge on any atom is 0.273 e. The second kappa shape index (κ2) is 5.65. The van der Waals surface area contributed by atoms with Crippen LogP contribution in [-0.2, 0) is 17.9 Å². The largest absolute Gasteiger partial charge is 0.304 e. The van der Waals surface area contributed by atoms with Crippen molar-refractivity contribution in [2.24, 2.45) is 5.41 Å². The lowest BCUT2D eigenvalue weighted by atomic mass is 9.91. The van der Waals surface area contributed by atoms with E-state index in [4.69, 9.17) is 12.2 Å². The molecule has 0 fully saturated rings. The van der Waals surface area contributed by atoms with Crippen LogP contribution >= 0.6 is 23.6 Å². The molecule has 0 radical (unpaired) electrons. The van der Waals surface area contributed by atoms with Crippen LogP contribution in [0.5, 0.6) is 0 Å². The van der Waals surface area contributed by atoms with Crippen molar-refractivity contribution in [2.45, 2.75) is 33.9 Å². The number of fused-ring (bicyclic) bond motifs is 1. The number of carbonyl (C=O) groups is 1. The molecule has 0 aliphatic carbocycles. The Morgan fingerprint density at radius 3 is 2.76 bits per heavy atom. The monoisotopic (exact) mass is 323 g/mol. The summed E-state index contributed by atoms with van der Waals surface area (Å²) in [6.07, 6.45) is 3.12. The topological polar surface area (TPSA) is 56.9 Å². The Bertz CT molecular complexity index is 821. The normalized spacial score (nSPS) is 11.8. The Labute approximate surface area is 131 Å². The van der Waals surface area contributed by atoms with Crippen LogP contribution in [0.25, 0.3) is 10.3 Å². The number of Topliss-reactive ketones (excluding diaryl/α,β-unsaturated/α-hetero) is 1. The van der Waals surface area contributed by atoms with Crippen LogP contribution < -0.4 is 5.56 Å². The number of rotatable bonds is 4. The molecule has 0 aliphatic rings. The van der Waals surface area contributed by atoms with E-state index < -0.39 is 5.41 Å². The molecular weight excluding hydrogens is 306 g/mol. The first-order valence-corrected chi connectivity index (χ1v) is 7.71. The molecule has 0 saturated heterocycles. The van der Waals surface area contributed by atoms with Gasteiger partial charge >= 0.3 is 0 Å². The van der Waals surface area contributed by atoms with Crippen LogP contribution in [0.4, 0.5) is 0 Å². The van der Waals surface area contributed by atoms with E-state index in [1.165, 1.54) is 22.2 Å². The SMILES string of the molecule is C=CCn1c(=S)sc2c(=O)n(CC(=O)C(C)(C)C)cnc21. The molecule has 0 unspecified atom stereocenters. The quantitative estimate of drug-likeness (QED) is 0.641. The van der Waals surface area contributed by atoms with Crippen molar-refractivity contribution in [2.75, 3.05) is 0 Å². The first-order chi connectivity index (χ1) is 9.75. The highest BCUT2D eigenvalue weighted by atomic mass is 32.1. The number of hydrogen-bond acceptors (Lipinski definition) is 5. The molecule has 2 rings (SSSR count). The Morgan fingerprint density at radius 2 is 2.19 bits per heavy atom. The van der Waals surface area contributed by atoms with Crippen molar-refractivity contribution < 1.29 is 4.79 Å². The van der Waals surface area contributed by atoms with Gasteiger partial charge in [-0.3, -0.25) is 14.2 Å². The average molecular weight is 323 g/mol. The first-order valence-electron chi connectivity index (χ1n) is 6.48. The average Bonchev–Trinajstić information content (AvgIpc) is 2.70. The van der Waals surface area contributed by atoms with E-state index in [0.717, 1.165) is 0 Å². The third-order valence-electron chi connectivity index (χ3n) is 3.11. The zero-order valence-corrected chi connectivity index (χ0v) is 13.9. The zero-order chi connectivity index (χ0) is 15.8. The fraction of sp³-hybridized carbons (Fsp3) is 0.429. The number of aromatic nitrogens is 3. The predicted octanol–water partition coefficient (Wildman–Crippen LogP) is 2.79. The molecule has 0 aliphatic heterocycles. The lowest BCUT2D eigenvalue weighted by molar-refractivity contribution is -0.126. The summed E-state index contributed by atoms with van der Waals surface area (Å²) >= 11 is 6.46. The van der Waals surface area contributed by atoms with Crippen molar-refractivity contribution in [3.8, 4) is 0 Å². The van der Waals surface area contributed by atoms with E-state index in [9.17, 15) is 9.59 Å². The van der Waals surface area contributed by atoms with Crippen LogP contribution in [0.3, 0.4) is 0 Å². The summed E-state index contributed by atoms with van der Waals surface area (Å²) in [5, 5.41) is 0. The van der Waals surface area contributed by atoms with Gasteiger partial charge in [-0.05, 0) is 12.2 Å². The second-order valence-corrected chi connectivity index (χ2v) is 7.41. The Morgan fingerprint density at radius 1 is 1.52 bits per heavy atom. The summed E-state index contributed by atoms with van der Waals surface area (Å²) in [7, 11) is 0. The maximum absolute atomic E-state index is 12.5. The number of thiazole rings is 1. The Hall–Kier alpha value is -1.60. The summed E-state index contributed by atoms with van der Waals surface area (Å²) in [6, 6.07) is 0. The van der Waals surface area contributed by atoms with E-state index in [2.05, 4.69) is 11.6 Å². The van der Waals surface area contributed by atoms with Gasteiger partial charge in [-0.15, -0.1) is 6.58 Å². The molecule has 2 aromatic rings. The first kappa shape index (κ1) is 15.8. The van der Waals surface area contributed by atoms with Gasteiger partial charge in [0.15, 0.2) is 15.4 Å².